The van der Waals surface area contributed by atoms with Gasteiger partial charge in [0.15, 0.2) is 0 Å². The van der Waals surface area contributed by atoms with Crippen LogP contribution in [-0.2, 0) is 22.7 Å². The summed E-state index contributed by atoms with van der Waals surface area (Å²) in [5, 5.41) is 0. The second-order valence-electron chi connectivity index (χ2n) is 6.28. The van der Waals surface area contributed by atoms with Gasteiger partial charge in [-0.25, -0.2) is 0 Å². The topological polar surface area (TPSA) is 59.1 Å². The predicted molar refractivity (Wildman–Crippen MR) is 101 cm³/mol. The van der Waals surface area contributed by atoms with E-state index in [9.17, 15) is 9.59 Å². The normalized spacial score (nSPS) is 14.5. The van der Waals surface area contributed by atoms with Crippen LogP contribution < -0.4 is 9.47 Å². The molecular formula is C21H22N2O4. The van der Waals surface area contributed by atoms with Gasteiger partial charge < -0.3 is 19.3 Å². The third-order valence-electron chi connectivity index (χ3n) is 4.52. The summed E-state index contributed by atoms with van der Waals surface area (Å²) >= 11 is 0. The summed E-state index contributed by atoms with van der Waals surface area (Å²) in [6.07, 6.45) is 0. The van der Waals surface area contributed by atoms with Crippen molar-refractivity contribution in [3.05, 3.63) is 71.9 Å². The first-order valence-corrected chi connectivity index (χ1v) is 8.56. The minimum absolute atomic E-state index is 0.0278. The Kier molecular flexibility index (Phi) is 5.45. The first kappa shape index (κ1) is 18.5. The lowest BCUT2D eigenvalue weighted by Gasteiger charge is -2.35. The maximum absolute atomic E-state index is 12.7. The van der Waals surface area contributed by atoms with Crippen molar-refractivity contribution >= 4 is 11.8 Å². The molecule has 6 heteroatoms. The van der Waals surface area contributed by atoms with Crippen molar-refractivity contribution in [3.63, 3.8) is 0 Å². The van der Waals surface area contributed by atoms with E-state index >= 15 is 0 Å². The van der Waals surface area contributed by atoms with Gasteiger partial charge in [-0.2, -0.15) is 0 Å². The second kappa shape index (κ2) is 7.95. The van der Waals surface area contributed by atoms with Crippen LogP contribution in [0.15, 0.2) is 60.8 Å². The minimum Gasteiger partial charge on any atom is -0.497 e. The van der Waals surface area contributed by atoms with Crippen molar-refractivity contribution in [3.8, 4) is 11.5 Å². The number of rotatable bonds is 6. The molecule has 140 valence electrons. The first-order valence-electron chi connectivity index (χ1n) is 8.56. The lowest BCUT2D eigenvalue weighted by Crippen LogP contribution is -2.51. The molecule has 2 aromatic carbocycles. The van der Waals surface area contributed by atoms with Crippen LogP contribution in [0.1, 0.15) is 11.1 Å². The van der Waals surface area contributed by atoms with Gasteiger partial charge in [0, 0.05) is 6.54 Å². The van der Waals surface area contributed by atoms with Gasteiger partial charge in [0.25, 0.3) is 5.91 Å². The maximum Gasteiger partial charge on any atom is 0.270 e. The Hall–Kier alpha value is -3.28. The lowest BCUT2D eigenvalue weighted by atomic mass is 10.1. The Morgan fingerprint density at radius 3 is 1.81 bits per heavy atom. The summed E-state index contributed by atoms with van der Waals surface area (Å²) in [5.74, 6) is 1.10. The first-order chi connectivity index (χ1) is 13.0. The Bertz CT molecular complexity index is 843. The molecule has 3 rings (SSSR count). The van der Waals surface area contributed by atoms with Gasteiger partial charge in [0.1, 0.15) is 23.7 Å². The smallest absolute Gasteiger partial charge is 0.270 e. The molecule has 0 radical (unpaired) electrons. The van der Waals surface area contributed by atoms with E-state index in [0.29, 0.717) is 13.1 Å². The van der Waals surface area contributed by atoms with E-state index in [1.54, 1.807) is 14.2 Å². The standard InChI is InChI=1S/C21H22N2O4/c1-15-21(25)22(12-16-4-8-18(26-2)9-5-16)14-20(24)23(15)13-17-6-10-19(27-3)11-7-17/h4-11H,1,12-14H2,2-3H3. The SMILES string of the molecule is C=C1C(=O)N(Cc2ccc(OC)cc2)CC(=O)N1Cc1ccc(OC)cc1. The average molecular weight is 366 g/mol. The molecule has 27 heavy (non-hydrogen) atoms. The van der Waals surface area contributed by atoms with Crippen molar-refractivity contribution in [2.75, 3.05) is 20.8 Å². The fourth-order valence-corrected chi connectivity index (χ4v) is 2.95. The molecule has 1 fully saturated rings. The number of hydrogen-bond donors (Lipinski definition) is 0. The van der Waals surface area contributed by atoms with E-state index in [0.717, 1.165) is 22.6 Å². The van der Waals surface area contributed by atoms with Gasteiger partial charge in [0.2, 0.25) is 5.91 Å². The van der Waals surface area contributed by atoms with Crippen molar-refractivity contribution in [1.29, 1.82) is 0 Å². The highest BCUT2D eigenvalue weighted by molar-refractivity contribution is 6.02. The van der Waals surface area contributed by atoms with Gasteiger partial charge >= 0.3 is 0 Å². The number of ether oxygens (including phenoxy) is 2. The number of carbonyl (C=O) groups excluding carboxylic acids is 2. The third-order valence-corrected chi connectivity index (χ3v) is 4.52. The van der Waals surface area contributed by atoms with Gasteiger partial charge in [-0.1, -0.05) is 30.8 Å². The van der Waals surface area contributed by atoms with Crippen LogP contribution in [0.25, 0.3) is 0 Å². The molecule has 2 aromatic rings. The number of carbonyl (C=O) groups is 2. The number of amides is 2. The van der Waals surface area contributed by atoms with E-state index < -0.39 is 0 Å². The van der Waals surface area contributed by atoms with E-state index in [1.807, 2.05) is 48.5 Å². The van der Waals surface area contributed by atoms with Crippen molar-refractivity contribution in [2.24, 2.45) is 0 Å². The zero-order valence-electron chi connectivity index (χ0n) is 15.5. The fourth-order valence-electron chi connectivity index (χ4n) is 2.95. The minimum atomic E-state index is -0.237. The molecule has 6 nitrogen and oxygen atoms in total. The highest BCUT2D eigenvalue weighted by Gasteiger charge is 2.33. The van der Waals surface area contributed by atoms with E-state index in [2.05, 4.69) is 6.58 Å². The summed E-state index contributed by atoms with van der Waals surface area (Å²) < 4.78 is 10.3. The van der Waals surface area contributed by atoms with Gasteiger partial charge in [0.05, 0.1) is 20.8 Å². The molecule has 0 atom stereocenters. The summed E-state index contributed by atoms with van der Waals surface area (Å²) in [6.45, 7) is 4.53. The zero-order chi connectivity index (χ0) is 19.4. The molecule has 1 aliphatic heterocycles. The molecule has 0 aliphatic carbocycles. The van der Waals surface area contributed by atoms with Gasteiger partial charge in [-0.15, -0.1) is 0 Å². The van der Waals surface area contributed by atoms with Crippen LogP contribution in [0.4, 0.5) is 0 Å². The Morgan fingerprint density at radius 1 is 0.852 bits per heavy atom. The Labute approximate surface area is 158 Å². The summed E-state index contributed by atoms with van der Waals surface area (Å²) in [6, 6.07) is 14.8. The number of piperazine rings is 1. The Morgan fingerprint density at radius 2 is 1.33 bits per heavy atom. The molecule has 0 bridgehead atoms. The van der Waals surface area contributed by atoms with Crippen LogP contribution in [0.5, 0.6) is 11.5 Å². The van der Waals surface area contributed by atoms with Crippen molar-refractivity contribution in [2.45, 2.75) is 13.1 Å². The summed E-state index contributed by atoms with van der Waals surface area (Å²) in [7, 11) is 3.20. The third kappa shape index (κ3) is 4.11. The highest BCUT2D eigenvalue weighted by Crippen LogP contribution is 2.22. The Balaban J connectivity index is 1.68. The zero-order valence-corrected chi connectivity index (χ0v) is 15.5. The average Bonchev–Trinajstić information content (AvgIpc) is 2.70. The maximum atomic E-state index is 12.7. The van der Waals surface area contributed by atoms with E-state index in [4.69, 9.17) is 9.47 Å². The number of hydrogen-bond acceptors (Lipinski definition) is 4. The molecule has 0 unspecified atom stereocenters. The van der Waals surface area contributed by atoms with Gasteiger partial charge in [-0.05, 0) is 35.4 Å². The van der Waals surface area contributed by atoms with Crippen LogP contribution >= 0.6 is 0 Å². The quantitative estimate of drug-likeness (QED) is 0.738. The number of benzene rings is 2. The van der Waals surface area contributed by atoms with Crippen LogP contribution in [0.3, 0.4) is 0 Å². The molecule has 0 spiro atoms. The van der Waals surface area contributed by atoms with E-state index in [-0.39, 0.29) is 24.1 Å². The summed E-state index contributed by atoms with van der Waals surface area (Å²) in [5.41, 5.74) is 2.02. The van der Waals surface area contributed by atoms with Crippen LogP contribution in [0, 0.1) is 0 Å². The largest absolute Gasteiger partial charge is 0.497 e. The molecule has 0 saturated carbocycles. The molecule has 2 amide bonds. The molecule has 1 saturated heterocycles. The number of nitrogens with zero attached hydrogens (tertiary/aromatic N) is 2. The van der Waals surface area contributed by atoms with Crippen molar-refractivity contribution < 1.29 is 19.1 Å². The molecule has 0 aromatic heterocycles. The van der Waals surface area contributed by atoms with Crippen LogP contribution in [-0.4, -0.2) is 42.4 Å². The number of methoxy groups -OCH3 is 2. The molecular weight excluding hydrogens is 344 g/mol. The fraction of sp³-hybridized carbons (Fsp3) is 0.238. The summed E-state index contributed by atoms with van der Waals surface area (Å²) in [4.78, 5) is 28.2. The van der Waals surface area contributed by atoms with Gasteiger partial charge in [-0.3, -0.25) is 9.59 Å². The molecule has 1 heterocycles. The molecule has 1 aliphatic rings. The highest BCUT2D eigenvalue weighted by atomic mass is 16.5. The monoisotopic (exact) mass is 366 g/mol. The van der Waals surface area contributed by atoms with Crippen LogP contribution in [0.2, 0.25) is 0 Å². The van der Waals surface area contributed by atoms with E-state index in [1.165, 1.54) is 9.80 Å². The molecule has 0 N–H and O–H groups in total. The van der Waals surface area contributed by atoms with Crippen molar-refractivity contribution in [1.82, 2.24) is 9.80 Å². The lowest BCUT2D eigenvalue weighted by molar-refractivity contribution is -0.146. The predicted octanol–water partition coefficient (Wildman–Crippen LogP) is 2.59. The second-order valence-corrected chi connectivity index (χ2v) is 6.28.